The number of ether oxygens (including phenoxy) is 1. The molecule has 0 aromatic heterocycles. The standard InChI is InChI=1S/C34H35BrN4O5/c1-34(2,3)44-33(43)37-18-17-36-32(42)29(19-22-9-5-4-6-10-22)39-31(41)27-21-26(35)15-16-28(27)38-30(40)25-14-13-23-11-7-8-12-24(23)20-25/h4-16,20-21,29H,17-19H2,1-3H3,(H,36,42)(H,37,43)(H,38,40)(H,39,41)/t29-/m0/s1. The fourth-order valence-electron chi connectivity index (χ4n) is 4.42. The van der Waals surface area contributed by atoms with E-state index in [1.807, 2.05) is 60.7 Å². The Balaban J connectivity index is 1.47. The minimum Gasteiger partial charge on any atom is -0.444 e. The van der Waals surface area contributed by atoms with Crippen LogP contribution in [0.5, 0.6) is 0 Å². The van der Waals surface area contributed by atoms with Crippen LogP contribution in [0.25, 0.3) is 10.8 Å². The van der Waals surface area contributed by atoms with E-state index in [4.69, 9.17) is 4.74 Å². The summed E-state index contributed by atoms with van der Waals surface area (Å²) in [7, 11) is 0. The van der Waals surface area contributed by atoms with Gasteiger partial charge in [0, 0.05) is 29.5 Å². The molecule has 0 radical (unpaired) electrons. The number of rotatable bonds is 10. The van der Waals surface area contributed by atoms with Gasteiger partial charge < -0.3 is 26.0 Å². The van der Waals surface area contributed by atoms with Crippen LogP contribution in [0.2, 0.25) is 0 Å². The molecule has 4 N–H and O–H groups in total. The molecule has 4 amide bonds. The van der Waals surface area contributed by atoms with E-state index in [2.05, 4.69) is 37.2 Å². The molecule has 10 heteroatoms. The Hall–Kier alpha value is -4.70. The summed E-state index contributed by atoms with van der Waals surface area (Å²) < 4.78 is 5.84. The highest BCUT2D eigenvalue weighted by molar-refractivity contribution is 9.10. The SMILES string of the molecule is CC(C)(C)OC(=O)NCCNC(=O)[C@H](Cc1ccccc1)NC(=O)c1cc(Br)ccc1NC(=O)c1ccc2ccccc2c1. The molecule has 0 aliphatic heterocycles. The van der Waals surface area contributed by atoms with Crippen LogP contribution < -0.4 is 21.3 Å². The maximum Gasteiger partial charge on any atom is 0.407 e. The lowest BCUT2D eigenvalue weighted by molar-refractivity contribution is -0.122. The zero-order chi connectivity index (χ0) is 31.7. The van der Waals surface area contributed by atoms with Crippen LogP contribution in [0.1, 0.15) is 47.1 Å². The maximum atomic E-state index is 13.6. The molecule has 228 valence electrons. The first-order chi connectivity index (χ1) is 21.0. The molecule has 0 saturated heterocycles. The highest BCUT2D eigenvalue weighted by Gasteiger charge is 2.24. The summed E-state index contributed by atoms with van der Waals surface area (Å²) in [6.45, 7) is 5.55. The normalized spacial score (nSPS) is 11.7. The number of carbonyl (C=O) groups excluding carboxylic acids is 4. The number of hydrogen-bond donors (Lipinski definition) is 4. The molecule has 0 unspecified atom stereocenters. The highest BCUT2D eigenvalue weighted by atomic mass is 79.9. The Kier molecular flexibility index (Phi) is 10.7. The van der Waals surface area contributed by atoms with Crippen molar-refractivity contribution in [3.63, 3.8) is 0 Å². The Morgan fingerprint density at radius 3 is 2.18 bits per heavy atom. The maximum absolute atomic E-state index is 13.6. The summed E-state index contributed by atoms with van der Waals surface area (Å²) in [6.07, 6.45) is -0.362. The van der Waals surface area contributed by atoms with E-state index < -0.39 is 29.6 Å². The molecule has 0 fully saturated rings. The van der Waals surface area contributed by atoms with E-state index >= 15 is 0 Å². The van der Waals surface area contributed by atoms with Gasteiger partial charge in [0.25, 0.3) is 11.8 Å². The van der Waals surface area contributed by atoms with Gasteiger partial charge in [-0.15, -0.1) is 0 Å². The number of amides is 4. The number of nitrogens with one attached hydrogen (secondary N) is 4. The number of fused-ring (bicyclic) bond motifs is 1. The van der Waals surface area contributed by atoms with E-state index in [9.17, 15) is 19.2 Å². The number of carbonyl (C=O) groups is 4. The topological polar surface area (TPSA) is 126 Å². The zero-order valence-corrected chi connectivity index (χ0v) is 26.4. The minimum atomic E-state index is -0.936. The fraction of sp³-hybridized carbons (Fsp3) is 0.235. The predicted molar refractivity (Wildman–Crippen MR) is 175 cm³/mol. The van der Waals surface area contributed by atoms with Crippen molar-refractivity contribution in [3.8, 4) is 0 Å². The quantitative estimate of drug-likeness (QED) is 0.159. The summed E-state index contributed by atoms with van der Waals surface area (Å²) in [6, 6.07) is 26.4. The van der Waals surface area contributed by atoms with Gasteiger partial charge in [-0.1, -0.05) is 76.6 Å². The van der Waals surface area contributed by atoms with Crippen molar-refractivity contribution in [2.24, 2.45) is 0 Å². The lowest BCUT2D eigenvalue weighted by atomic mass is 10.0. The Labute approximate surface area is 264 Å². The van der Waals surface area contributed by atoms with Gasteiger partial charge >= 0.3 is 6.09 Å². The molecule has 9 nitrogen and oxygen atoms in total. The largest absolute Gasteiger partial charge is 0.444 e. The van der Waals surface area contributed by atoms with E-state index in [0.29, 0.717) is 15.7 Å². The third kappa shape index (κ3) is 9.40. The van der Waals surface area contributed by atoms with Gasteiger partial charge in [0.2, 0.25) is 5.91 Å². The van der Waals surface area contributed by atoms with Gasteiger partial charge in [-0.3, -0.25) is 14.4 Å². The Morgan fingerprint density at radius 1 is 0.773 bits per heavy atom. The van der Waals surface area contributed by atoms with Crippen molar-refractivity contribution < 1.29 is 23.9 Å². The molecular formula is C34H35BrN4O5. The van der Waals surface area contributed by atoms with Crippen LogP contribution in [0.3, 0.4) is 0 Å². The average molecular weight is 660 g/mol. The highest BCUT2D eigenvalue weighted by Crippen LogP contribution is 2.23. The predicted octanol–water partition coefficient (Wildman–Crippen LogP) is 5.84. The van der Waals surface area contributed by atoms with Gasteiger partial charge in [0.15, 0.2) is 0 Å². The third-order valence-electron chi connectivity index (χ3n) is 6.48. The smallest absolute Gasteiger partial charge is 0.407 e. The molecule has 0 spiro atoms. The average Bonchev–Trinajstić information content (AvgIpc) is 2.99. The second-order valence-corrected chi connectivity index (χ2v) is 12.1. The van der Waals surface area contributed by atoms with Crippen LogP contribution in [0.15, 0.2) is 95.5 Å². The summed E-state index contributed by atoms with van der Waals surface area (Å²) in [5, 5.41) is 13.0. The van der Waals surface area contributed by atoms with Gasteiger partial charge in [0.05, 0.1) is 11.3 Å². The third-order valence-corrected chi connectivity index (χ3v) is 6.98. The molecule has 44 heavy (non-hydrogen) atoms. The number of alkyl carbamates (subject to hydrolysis) is 1. The van der Waals surface area contributed by atoms with Crippen LogP contribution in [0.4, 0.5) is 10.5 Å². The summed E-state index contributed by atoms with van der Waals surface area (Å²) in [4.78, 5) is 52.0. The van der Waals surface area contributed by atoms with E-state index in [-0.39, 0.29) is 31.0 Å². The van der Waals surface area contributed by atoms with Crippen molar-refractivity contribution >= 4 is 56.2 Å². The molecule has 0 saturated carbocycles. The van der Waals surface area contributed by atoms with E-state index in [0.717, 1.165) is 16.3 Å². The van der Waals surface area contributed by atoms with Crippen LogP contribution in [0, 0.1) is 0 Å². The number of hydrogen-bond acceptors (Lipinski definition) is 5. The lowest BCUT2D eigenvalue weighted by Gasteiger charge is -2.21. The molecule has 0 bridgehead atoms. The summed E-state index contributed by atoms with van der Waals surface area (Å²) in [5.74, 6) is -1.34. The lowest BCUT2D eigenvalue weighted by Crippen LogP contribution is -2.49. The minimum absolute atomic E-state index is 0.128. The Bertz CT molecular complexity index is 1650. The molecule has 0 heterocycles. The number of halogens is 1. The van der Waals surface area contributed by atoms with E-state index in [1.165, 1.54) is 0 Å². The fourth-order valence-corrected chi connectivity index (χ4v) is 4.78. The first-order valence-electron chi connectivity index (χ1n) is 14.2. The van der Waals surface area contributed by atoms with Crippen LogP contribution in [-0.4, -0.2) is 48.5 Å². The summed E-state index contributed by atoms with van der Waals surface area (Å²) in [5.41, 5.74) is 1.13. The monoisotopic (exact) mass is 658 g/mol. The van der Waals surface area contributed by atoms with Gasteiger partial charge in [-0.05, 0) is 67.4 Å². The molecular weight excluding hydrogens is 624 g/mol. The van der Waals surface area contributed by atoms with Crippen LogP contribution in [-0.2, 0) is 16.0 Å². The number of anilines is 1. The number of benzene rings is 4. The van der Waals surface area contributed by atoms with Crippen molar-refractivity contribution in [2.75, 3.05) is 18.4 Å². The molecule has 0 aliphatic carbocycles. The van der Waals surface area contributed by atoms with Crippen molar-refractivity contribution in [2.45, 2.75) is 38.8 Å². The second-order valence-electron chi connectivity index (χ2n) is 11.1. The van der Waals surface area contributed by atoms with Gasteiger partial charge in [0.1, 0.15) is 11.6 Å². The van der Waals surface area contributed by atoms with Crippen molar-refractivity contribution in [3.05, 3.63) is 112 Å². The van der Waals surface area contributed by atoms with Crippen molar-refractivity contribution in [1.29, 1.82) is 0 Å². The zero-order valence-electron chi connectivity index (χ0n) is 24.8. The molecule has 0 aliphatic rings. The first kappa shape index (κ1) is 32.2. The first-order valence-corrected chi connectivity index (χ1v) is 15.0. The van der Waals surface area contributed by atoms with Crippen LogP contribution >= 0.6 is 15.9 Å². The van der Waals surface area contributed by atoms with E-state index in [1.54, 1.807) is 51.1 Å². The second kappa shape index (κ2) is 14.7. The molecule has 1 atom stereocenters. The molecule has 4 aromatic rings. The summed E-state index contributed by atoms with van der Waals surface area (Å²) >= 11 is 3.41. The molecule has 4 aromatic carbocycles. The molecule has 4 rings (SSSR count). The van der Waals surface area contributed by atoms with Gasteiger partial charge in [-0.25, -0.2) is 4.79 Å². The van der Waals surface area contributed by atoms with Gasteiger partial charge in [-0.2, -0.15) is 0 Å². The Morgan fingerprint density at radius 2 is 1.45 bits per heavy atom. The van der Waals surface area contributed by atoms with Crippen molar-refractivity contribution in [1.82, 2.24) is 16.0 Å².